The van der Waals surface area contributed by atoms with Gasteiger partial charge in [-0.1, -0.05) is 0 Å². The third-order valence-corrected chi connectivity index (χ3v) is 6.71. The van der Waals surface area contributed by atoms with Crippen molar-refractivity contribution in [2.45, 2.75) is 45.3 Å². The Morgan fingerprint density at radius 2 is 1.66 bits per heavy atom. The fraction of sp³-hybridized carbons (Fsp3) is 0.520. The van der Waals surface area contributed by atoms with E-state index in [1.807, 2.05) is 32.5 Å². The summed E-state index contributed by atoms with van der Waals surface area (Å²) >= 11 is 1.93. The van der Waals surface area contributed by atoms with Gasteiger partial charge in [-0.15, -0.1) is 0 Å². The van der Waals surface area contributed by atoms with Crippen LogP contribution in [0.2, 0.25) is 0 Å². The first-order valence-electron chi connectivity index (χ1n) is 12.0. The smallest absolute Gasteiger partial charge is 0.410 e. The summed E-state index contributed by atoms with van der Waals surface area (Å²) in [4.78, 5) is 37.7. The molecule has 1 aromatic heterocycles. The summed E-state index contributed by atoms with van der Waals surface area (Å²) in [6.45, 7) is 8.51. The standard InChI is InChI=1S/C25H33N5O4S/c1-25(2,3)34-24(32)30-12-8-19(9-13-30)28-22(31)18-4-6-20(7-5-18)33-23-21(26-10-11-27-23)29-14-16-35-17-15-29/h4-7,10-11,19H,8-9,12-17H2,1-3H3,(H,28,31). The SMILES string of the molecule is CC(C)(C)OC(=O)N1CCC(NC(=O)c2ccc(Oc3nccnc3N3CCSCC3)cc2)CC1. The Labute approximate surface area is 210 Å². The Hall–Kier alpha value is -3.01. The molecule has 0 aliphatic carbocycles. The average molecular weight is 500 g/mol. The molecule has 0 atom stereocenters. The Bertz CT molecular complexity index is 1010. The molecular formula is C25H33N5O4S. The molecule has 0 spiro atoms. The van der Waals surface area contributed by atoms with Gasteiger partial charge in [-0.3, -0.25) is 4.79 Å². The number of anilines is 1. The minimum Gasteiger partial charge on any atom is -0.444 e. The third-order valence-electron chi connectivity index (χ3n) is 5.77. The third kappa shape index (κ3) is 7.00. The second kappa shape index (κ2) is 11.2. The second-order valence-corrected chi connectivity index (χ2v) is 10.9. The Kier molecular flexibility index (Phi) is 8.00. The van der Waals surface area contributed by atoms with E-state index in [1.54, 1.807) is 41.6 Å². The van der Waals surface area contributed by atoms with E-state index in [2.05, 4.69) is 20.2 Å². The number of ether oxygens (including phenoxy) is 2. The largest absolute Gasteiger partial charge is 0.444 e. The molecule has 3 heterocycles. The van der Waals surface area contributed by atoms with E-state index in [0.29, 0.717) is 43.1 Å². The minimum absolute atomic E-state index is 0.0157. The second-order valence-electron chi connectivity index (χ2n) is 9.63. The lowest BCUT2D eigenvalue weighted by molar-refractivity contribution is 0.0199. The molecule has 2 aliphatic rings. The van der Waals surface area contributed by atoms with E-state index in [1.165, 1.54) is 0 Å². The molecule has 2 saturated heterocycles. The molecule has 0 unspecified atom stereocenters. The lowest BCUT2D eigenvalue weighted by Gasteiger charge is -2.33. The quantitative estimate of drug-likeness (QED) is 0.661. The first-order chi connectivity index (χ1) is 16.8. The molecular weight excluding hydrogens is 466 g/mol. The van der Waals surface area contributed by atoms with Crippen LogP contribution < -0.4 is 15.0 Å². The highest BCUT2D eigenvalue weighted by Gasteiger charge is 2.27. The molecule has 1 aromatic carbocycles. The highest BCUT2D eigenvalue weighted by molar-refractivity contribution is 7.99. The number of rotatable bonds is 5. The van der Waals surface area contributed by atoms with Gasteiger partial charge >= 0.3 is 6.09 Å². The van der Waals surface area contributed by atoms with Crippen molar-refractivity contribution in [3.05, 3.63) is 42.2 Å². The molecule has 0 radical (unpaired) electrons. The number of benzene rings is 1. The summed E-state index contributed by atoms with van der Waals surface area (Å²) < 4.78 is 11.4. The number of nitrogens with one attached hydrogen (secondary N) is 1. The zero-order valence-corrected chi connectivity index (χ0v) is 21.3. The van der Waals surface area contributed by atoms with Gasteiger partial charge in [0.15, 0.2) is 5.82 Å². The summed E-state index contributed by atoms with van der Waals surface area (Å²) in [5, 5.41) is 3.07. The van der Waals surface area contributed by atoms with Crippen molar-refractivity contribution in [3.63, 3.8) is 0 Å². The van der Waals surface area contributed by atoms with Gasteiger partial charge in [0.2, 0.25) is 0 Å². The van der Waals surface area contributed by atoms with Crippen LogP contribution in [0.25, 0.3) is 0 Å². The number of amides is 2. The summed E-state index contributed by atoms with van der Waals surface area (Å²) in [5.74, 6) is 3.78. The van der Waals surface area contributed by atoms with Crippen molar-refractivity contribution in [2.24, 2.45) is 0 Å². The molecule has 0 bridgehead atoms. The zero-order valence-electron chi connectivity index (χ0n) is 20.5. The van der Waals surface area contributed by atoms with Crippen LogP contribution in [0.5, 0.6) is 11.6 Å². The van der Waals surface area contributed by atoms with E-state index in [4.69, 9.17) is 9.47 Å². The Balaban J connectivity index is 1.30. The van der Waals surface area contributed by atoms with Crippen molar-refractivity contribution in [2.75, 3.05) is 42.6 Å². The number of nitrogens with zero attached hydrogens (tertiary/aromatic N) is 4. The van der Waals surface area contributed by atoms with Crippen LogP contribution in [-0.2, 0) is 4.74 Å². The minimum atomic E-state index is -0.514. The molecule has 188 valence electrons. The molecule has 2 amide bonds. The maximum Gasteiger partial charge on any atom is 0.410 e. The molecule has 2 fully saturated rings. The van der Waals surface area contributed by atoms with Crippen molar-refractivity contribution in [3.8, 4) is 11.6 Å². The molecule has 35 heavy (non-hydrogen) atoms. The number of likely N-dealkylation sites (tertiary alicyclic amines) is 1. The van der Waals surface area contributed by atoms with Crippen molar-refractivity contribution < 1.29 is 19.1 Å². The van der Waals surface area contributed by atoms with Crippen LogP contribution in [0, 0.1) is 0 Å². The van der Waals surface area contributed by atoms with Gasteiger partial charge in [-0.25, -0.2) is 14.8 Å². The number of thioether (sulfide) groups is 1. The lowest BCUT2D eigenvalue weighted by atomic mass is 10.0. The summed E-state index contributed by atoms with van der Waals surface area (Å²) in [7, 11) is 0. The van der Waals surface area contributed by atoms with Crippen molar-refractivity contribution >= 4 is 29.6 Å². The summed E-state index contributed by atoms with van der Waals surface area (Å²) in [6, 6.07) is 7.04. The van der Waals surface area contributed by atoms with E-state index < -0.39 is 5.60 Å². The first-order valence-corrected chi connectivity index (χ1v) is 13.1. The topological polar surface area (TPSA) is 96.9 Å². The van der Waals surface area contributed by atoms with Gasteiger partial charge in [0.1, 0.15) is 11.4 Å². The summed E-state index contributed by atoms with van der Waals surface area (Å²) in [6.07, 6.45) is 4.37. The van der Waals surface area contributed by atoms with Crippen molar-refractivity contribution in [1.82, 2.24) is 20.2 Å². The number of hydrogen-bond donors (Lipinski definition) is 1. The molecule has 2 aliphatic heterocycles. The maximum atomic E-state index is 12.8. The first kappa shape index (κ1) is 25.1. The normalized spacial score (nSPS) is 17.1. The lowest BCUT2D eigenvalue weighted by Crippen LogP contribution is -2.47. The Morgan fingerprint density at radius 1 is 1.00 bits per heavy atom. The Morgan fingerprint density at radius 3 is 2.31 bits per heavy atom. The number of piperidine rings is 1. The molecule has 4 rings (SSSR count). The molecule has 0 saturated carbocycles. The molecule has 1 N–H and O–H groups in total. The van der Waals surface area contributed by atoms with Crippen LogP contribution in [0.1, 0.15) is 44.0 Å². The van der Waals surface area contributed by atoms with E-state index >= 15 is 0 Å². The van der Waals surface area contributed by atoms with Gasteiger partial charge in [0.25, 0.3) is 11.8 Å². The molecule has 9 nitrogen and oxygen atoms in total. The fourth-order valence-corrected chi connectivity index (χ4v) is 4.87. The number of carbonyl (C=O) groups is 2. The monoisotopic (exact) mass is 499 g/mol. The average Bonchev–Trinajstić information content (AvgIpc) is 2.85. The summed E-state index contributed by atoms with van der Waals surface area (Å²) in [5.41, 5.74) is 0.0405. The maximum absolute atomic E-state index is 12.8. The number of aromatic nitrogens is 2. The highest BCUT2D eigenvalue weighted by atomic mass is 32.2. The fourth-order valence-electron chi connectivity index (χ4n) is 3.97. The van der Waals surface area contributed by atoms with Gasteiger partial charge in [-0.05, 0) is 57.9 Å². The molecule has 2 aromatic rings. The van der Waals surface area contributed by atoms with Crippen LogP contribution in [-0.4, -0.2) is 76.2 Å². The van der Waals surface area contributed by atoms with Crippen LogP contribution in [0.3, 0.4) is 0 Å². The van der Waals surface area contributed by atoms with Crippen LogP contribution in [0.15, 0.2) is 36.7 Å². The van der Waals surface area contributed by atoms with Gasteiger partial charge in [0.05, 0.1) is 0 Å². The zero-order chi connectivity index (χ0) is 24.8. The van der Waals surface area contributed by atoms with Gasteiger partial charge < -0.3 is 24.6 Å². The van der Waals surface area contributed by atoms with Gasteiger partial charge in [-0.2, -0.15) is 11.8 Å². The van der Waals surface area contributed by atoms with Crippen LogP contribution in [0.4, 0.5) is 10.6 Å². The van der Waals surface area contributed by atoms with Crippen molar-refractivity contribution in [1.29, 1.82) is 0 Å². The van der Waals surface area contributed by atoms with Gasteiger partial charge in [0, 0.05) is 61.7 Å². The van der Waals surface area contributed by atoms with E-state index in [9.17, 15) is 9.59 Å². The highest BCUT2D eigenvalue weighted by Crippen LogP contribution is 2.29. The van der Waals surface area contributed by atoms with Crippen LogP contribution >= 0.6 is 11.8 Å². The number of carbonyl (C=O) groups excluding carboxylic acids is 2. The predicted molar refractivity (Wildman–Crippen MR) is 136 cm³/mol. The number of hydrogen-bond acceptors (Lipinski definition) is 8. The van der Waals surface area contributed by atoms with E-state index in [0.717, 1.165) is 30.4 Å². The molecule has 10 heteroatoms. The predicted octanol–water partition coefficient (Wildman–Crippen LogP) is 3.95. The van der Waals surface area contributed by atoms with E-state index in [-0.39, 0.29) is 18.0 Å².